The minimum absolute atomic E-state index is 0.0259. The van der Waals surface area contributed by atoms with Crippen LogP contribution in [0.2, 0.25) is 0 Å². The van der Waals surface area contributed by atoms with Gasteiger partial charge in [0.15, 0.2) is 5.69 Å². The number of aromatic amines is 1. The molecule has 0 spiro atoms. The molecule has 1 aromatic heterocycles. The maximum Gasteiger partial charge on any atom is 0.407 e. The fourth-order valence-electron chi connectivity index (χ4n) is 3.71. The van der Waals surface area contributed by atoms with E-state index < -0.39 is 17.6 Å². The number of rotatable bonds is 5. The number of carboxylic acids is 1. The molecule has 29 heavy (non-hydrogen) atoms. The van der Waals surface area contributed by atoms with E-state index in [1.54, 1.807) is 13.8 Å². The Morgan fingerprint density at radius 1 is 1.10 bits per heavy atom. The second-order valence-electron chi connectivity index (χ2n) is 7.55. The van der Waals surface area contributed by atoms with Gasteiger partial charge >= 0.3 is 12.1 Å². The van der Waals surface area contributed by atoms with Crippen LogP contribution in [0.4, 0.5) is 4.79 Å². The Balaban J connectivity index is 1.46. The van der Waals surface area contributed by atoms with E-state index in [9.17, 15) is 9.59 Å². The summed E-state index contributed by atoms with van der Waals surface area (Å²) in [7, 11) is 0. The van der Waals surface area contributed by atoms with Crippen molar-refractivity contribution in [2.45, 2.75) is 25.3 Å². The van der Waals surface area contributed by atoms with E-state index in [1.807, 2.05) is 24.3 Å². The van der Waals surface area contributed by atoms with Crippen molar-refractivity contribution in [1.29, 1.82) is 0 Å². The summed E-state index contributed by atoms with van der Waals surface area (Å²) in [6, 6.07) is 17.6. The van der Waals surface area contributed by atoms with Crippen molar-refractivity contribution in [2.24, 2.45) is 0 Å². The molecule has 0 fully saturated rings. The number of carboxylic acid groups (broad SMARTS) is 1. The molecule has 4 rings (SSSR count). The predicted molar refractivity (Wildman–Crippen MR) is 107 cm³/mol. The molecule has 1 heterocycles. The van der Waals surface area contributed by atoms with Crippen molar-refractivity contribution in [3.63, 3.8) is 0 Å². The molecule has 7 nitrogen and oxygen atoms in total. The highest BCUT2D eigenvalue weighted by molar-refractivity contribution is 5.85. The van der Waals surface area contributed by atoms with Gasteiger partial charge in [-0.15, -0.1) is 0 Å². The number of carbonyl (C=O) groups excluding carboxylic acids is 1. The molecule has 148 valence electrons. The van der Waals surface area contributed by atoms with Crippen LogP contribution in [0.15, 0.2) is 54.6 Å². The maximum atomic E-state index is 12.5. The first-order valence-corrected chi connectivity index (χ1v) is 9.29. The Morgan fingerprint density at radius 2 is 1.69 bits per heavy atom. The largest absolute Gasteiger partial charge is 0.476 e. The second kappa shape index (κ2) is 7.09. The smallest absolute Gasteiger partial charge is 0.407 e. The summed E-state index contributed by atoms with van der Waals surface area (Å²) >= 11 is 0. The summed E-state index contributed by atoms with van der Waals surface area (Å²) < 4.78 is 5.55. The number of ether oxygens (including phenoxy) is 1. The third-order valence-electron chi connectivity index (χ3n) is 5.23. The Bertz CT molecular complexity index is 1040. The van der Waals surface area contributed by atoms with Crippen LogP contribution in [0.3, 0.4) is 0 Å². The van der Waals surface area contributed by atoms with Crippen LogP contribution in [0, 0.1) is 0 Å². The molecule has 3 aromatic rings. The Hall–Kier alpha value is -3.61. The minimum atomic E-state index is -1.13. The number of alkyl carbamates (subject to hydrolysis) is 1. The minimum Gasteiger partial charge on any atom is -0.476 e. The summed E-state index contributed by atoms with van der Waals surface area (Å²) in [5, 5.41) is 18.2. The van der Waals surface area contributed by atoms with Crippen molar-refractivity contribution >= 4 is 12.1 Å². The van der Waals surface area contributed by atoms with Gasteiger partial charge in [0.1, 0.15) is 6.61 Å². The van der Waals surface area contributed by atoms with Gasteiger partial charge in [-0.25, -0.2) is 9.59 Å². The molecule has 3 N–H and O–H groups in total. The van der Waals surface area contributed by atoms with E-state index in [0.717, 1.165) is 22.3 Å². The number of aromatic nitrogens is 2. The first-order chi connectivity index (χ1) is 13.9. The maximum absolute atomic E-state index is 12.5. The van der Waals surface area contributed by atoms with Crippen molar-refractivity contribution in [3.05, 3.63) is 77.1 Å². The topological polar surface area (TPSA) is 104 Å². The van der Waals surface area contributed by atoms with E-state index >= 15 is 0 Å². The number of fused-ring (bicyclic) bond motifs is 3. The van der Waals surface area contributed by atoms with Gasteiger partial charge in [0.25, 0.3) is 0 Å². The summed E-state index contributed by atoms with van der Waals surface area (Å²) in [4.78, 5) is 23.5. The summed E-state index contributed by atoms with van der Waals surface area (Å²) in [6.45, 7) is 3.69. The zero-order valence-corrected chi connectivity index (χ0v) is 16.1. The highest BCUT2D eigenvalue weighted by Gasteiger charge is 2.31. The summed E-state index contributed by atoms with van der Waals surface area (Å²) in [6.07, 6.45) is -0.580. The lowest BCUT2D eigenvalue weighted by Gasteiger charge is -2.25. The van der Waals surface area contributed by atoms with Crippen LogP contribution < -0.4 is 5.32 Å². The molecule has 0 aliphatic heterocycles. The molecular formula is C22H21N3O4. The SMILES string of the molecule is CC(C)(NC(=O)OCC1c2ccccc2-c2ccccc21)c1cc(C(=O)O)n[nH]1. The van der Waals surface area contributed by atoms with Crippen molar-refractivity contribution in [3.8, 4) is 11.1 Å². The number of nitrogens with zero attached hydrogens (tertiary/aromatic N) is 1. The van der Waals surface area contributed by atoms with Crippen LogP contribution >= 0.6 is 0 Å². The molecule has 1 aliphatic carbocycles. The zero-order chi connectivity index (χ0) is 20.6. The van der Waals surface area contributed by atoms with Crippen LogP contribution in [0.1, 0.15) is 47.1 Å². The first-order valence-electron chi connectivity index (χ1n) is 9.29. The number of nitrogens with one attached hydrogen (secondary N) is 2. The van der Waals surface area contributed by atoms with E-state index in [4.69, 9.17) is 9.84 Å². The van der Waals surface area contributed by atoms with Crippen molar-refractivity contribution in [2.75, 3.05) is 6.61 Å². The zero-order valence-electron chi connectivity index (χ0n) is 16.1. The quantitative estimate of drug-likeness (QED) is 0.612. The van der Waals surface area contributed by atoms with E-state index in [2.05, 4.69) is 39.8 Å². The number of H-pyrrole nitrogens is 1. The Labute approximate surface area is 167 Å². The number of amides is 1. The lowest BCUT2D eigenvalue weighted by atomic mass is 9.98. The third kappa shape index (κ3) is 3.47. The molecule has 0 unspecified atom stereocenters. The molecule has 0 saturated carbocycles. The van der Waals surface area contributed by atoms with Crippen LogP contribution in [0.5, 0.6) is 0 Å². The molecule has 2 aromatic carbocycles. The van der Waals surface area contributed by atoms with Gasteiger partial charge < -0.3 is 15.2 Å². The van der Waals surface area contributed by atoms with Gasteiger partial charge in [-0.3, -0.25) is 5.10 Å². The highest BCUT2D eigenvalue weighted by atomic mass is 16.5. The normalized spacial score (nSPS) is 12.9. The summed E-state index contributed by atoms with van der Waals surface area (Å²) in [5.41, 5.74) is 4.10. The van der Waals surface area contributed by atoms with Gasteiger partial charge in [0.05, 0.1) is 11.2 Å². The predicted octanol–water partition coefficient (Wildman–Crippen LogP) is 3.88. The Morgan fingerprint density at radius 3 is 2.24 bits per heavy atom. The van der Waals surface area contributed by atoms with Gasteiger partial charge in [-0.05, 0) is 42.2 Å². The molecule has 0 saturated heterocycles. The lowest BCUT2D eigenvalue weighted by Crippen LogP contribution is -2.42. The molecule has 7 heteroatoms. The first kappa shape index (κ1) is 18.7. The van der Waals surface area contributed by atoms with Gasteiger partial charge in [-0.2, -0.15) is 5.10 Å². The van der Waals surface area contributed by atoms with E-state index in [0.29, 0.717) is 5.69 Å². The number of carbonyl (C=O) groups is 2. The second-order valence-corrected chi connectivity index (χ2v) is 7.55. The third-order valence-corrected chi connectivity index (χ3v) is 5.23. The molecule has 1 amide bonds. The molecular weight excluding hydrogens is 370 g/mol. The van der Waals surface area contributed by atoms with Crippen molar-refractivity contribution < 1.29 is 19.4 Å². The fourth-order valence-corrected chi connectivity index (χ4v) is 3.71. The fraction of sp³-hybridized carbons (Fsp3) is 0.227. The Kier molecular flexibility index (Phi) is 4.58. The monoisotopic (exact) mass is 391 g/mol. The standard InChI is InChI=1S/C22H21N3O4/c1-22(2,19-11-18(20(26)27)24-25-19)23-21(28)29-12-17-15-9-5-3-7-13(15)14-8-4-6-10-16(14)17/h3-11,17H,12H2,1-2H3,(H,23,28)(H,24,25)(H,26,27). The average Bonchev–Trinajstić information content (AvgIpc) is 3.31. The van der Waals surface area contributed by atoms with Crippen LogP contribution in [-0.2, 0) is 10.3 Å². The van der Waals surface area contributed by atoms with E-state index in [1.165, 1.54) is 6.07 Å². The van der Waals surface area contributed by atoms with Gasteiger partial charge in [0.2, 0.25) is 0 Å². The van der Waals surface area contributed by atoms with Gasteiger partial charge in [0, 0.05) is 5.92 Å². The number of hydrogen-bond donors (Lipinski definition) is 3. The highest BCUT2D eigenvalue weighted by Crippen LogP contribution is 2.44. The number of aromatic carboxylic acids is 1. The summed E-state index contributed by atoms with van der Waals surface area (Å²) in [5.74, 6) is -1.16. The van der Waals surface area contributed by atoms with Gasteiger partial charge in [-0.1, -0.05) is 48.5 Å². The molecule has 0 radical (unpaired) electrons. The number of hydrogen-bond acceptors (Lipinski definition) is 4. The van der Waals surface area contributed by atoms with Crippen LogP contribution in [0.25, 0.3) is 11.1 Å². The average molecular weight is 391 g/mol. The van der Waals surface area contributed by atoms with Crippen molar-refractivity contribution in [1.82, 2.24) is 15.5 Å². The molecule has 1 aliphatic rings. The lowest BCUT2D eigenvalue weighted by molar-refractivity contribution is 0.0690. The number of benzene rings is 2. The molecule has 0 atom stereocenters. The van der Waals surface area contributed by atoms with Crippen LogP contribution in [-0.4, -0.2) is 34.0 Å². The van der Waals surface area contributed by atoms with E-state index in [-0.39, 0.29) is 18.2 Å². The molecule has 0 bridgehead atoms.